The highest BCUT2D eigenvalue weighted by atomic mass is 19.4. The van der Waals surface area contributed by atoms with Crippen LogP contribution in [0.2, 0.25) is 0 Å². The fourth-order valence-electron chi connectivity index (χ4n) is 3.81. The van der Waals surface area contributed by atoms with Crippen molar-refractivity contribution >= 4 is 11.9 Å². The SMILES string of the molecule is CC1=C(C(=O)OC(C)C)[C@@H](c2ccc(C(F)(F)F)cc2)CC(=O)N1Cc1ccc(C)cc1. The normalized spacial score (nSPS) is 17.2. The molecule has 0 radical (unpaired) electrons. The molecule has 3 rings (SSSR count). The second-order valence-corrected chi connectivity index (χ2v) is 8.30. The predicted octanol–water partition coefficient (Wildman–Crippen LogP) is 5.76. The number of nitrogens with zero attached hydrogens (tertiary/aromatic N) is 1. The second kappa shape index (κ2) is 9.18. The fraction of sp³-hybridized carbons (Fsp3) is 0.360. The standard InChI is InChI=1S/C25H26F3NO3/c1-15(2)32-24(31)23-17(4)29(14-18-7-5-16(3)6-8-18)22(30)13-21(23)19-9-11-20(12-10-19)25(26,27)28/h5-12,15,21H,13-14H2,1-4H3/t21-/m1/s1. The molecule has 0 saturated heterocycles. The highest BCUT2D eigenvalue weighted by molar-refractivity contribution is 5.96. The van der Waals surface area contributed by atoms with Crippen molar-refractivity contribution in [2.24, 2.45) is 0 Å². The van der Waals surface area contributed by atoms with E-state index in [0.717, 1.165) is 23.3 Å². The van der Waals surface area contributed by atoms with Gasteiger partial charge in [0.15, 0.2) is 0 Å². The molecule has 170 valence electrons. The summed E-state index contributed by atoms with van der Waals surface area (Å²) in [5.74, 6) is -1.44. The zero-order valence-corrected chi connectivity index (χ0v) is 18.5. The van der Waals surface area contributed by atoms with Crippen LogP contribution < -0.4 is 0 Å². The van der Waals surface area contributed by atoms with Gasteiger partial charge >= 0.3 is 12.1 Å². The number of carbonyl (C=O) groups is 2. The summed E-state index contributed by atoms with van der Waals surface area (Å²) < 4.78 is 44.3. The van der Waals surface area contributed by atoms with E-state index in [9.17, 15) is 22.8 Å². The third-order valence-corrected chi connectivity index (χ3v) is 5.49. The van der Waals surface area contributed by atoms with Gasteiger partial charge in [-0.15, -0.1) is 0 Å². The van der Waals surface area contributed by atoms with Crippen molar-refractivity contribution in [3.05, 3.63) is 82.1 Å². The van der Waals surface area contributed by atoms with Crippen molar-refractivity contribution in [2.75, 3.05) is 0 Å². The Kier molecular flexibility index (Phi) is 6.77. The zero-order valence-electron chi connectivity index (χ0n) is 18.5. The number of rotatable bonds is 5. The van der Waals surface area contributed by atoms with Gasteiger partial charge in [-0.2, -0.15) is 13.2 Å². The summed E-state index contributed by atoms with van der Waals surface area (Å²) in [5, 5.41) is 0. The first-order valence-corrected chi connectivity index (χ1v) is 10.4. The number of aryl methyl sites for hydroxylation is 1. The van der Waals surface area contributed by atoms with Gasteiger partial charge in [0, 0.05) is 18.0 Å². The summed E-state index contributed by atoms with van der Waals surface area (Å²) in [6.45, 7) is 7.38. The Morgan fingerprint density at radius 3 is 2.19 bits per heavy atom. The van der Waals surface area contributed by atoms with Gasteiger partial charge in [-0.1, -0.05) is 42.0 Å². The van der Waals surface area contributed by atoms with Crippen LogP contribution in [0.4, 0.5) is 13.2 Å². The van der Waals surface area contributed by atoms with Gasteiger partial charge in [0.1, 0.15) is 0 Å². The van der Waals surface area contributed by atoms with Crippen molar-refractivity contribution in [3.63, 3.8) is 0 Å². The maximum Gasteiger partial charge on any atom is 0.416 e. The summed E-state index contributed by atoms with van der Waals surface area (Å²) in [6.07, 6.45) is -4.87. The number of allylic oxidation sites excluding steroid dienone is 1. The molecule has 32 heavy (non-hydrogen) atoms. The number of halogens is 3. The lowest BCUT2D eigenvalue weighted by Crippen LogP contribution is -2.38. The Bertz CT molecular complexity index is 1020. The van der Waals surface area contributed by atoms with Gasteiger partial charge in [-0.25, -0.2) is 4.79 Å². The van der Waals surface area contributed by atoms with E-state index in [1.165, 1.54) is 12.1 Å². The molecule has 0 bridgehead atoms. The molecule has 1 amide bonds. The van der Waals surface area contributed by atoms with E-state index in [1.54, 1.807) is 25.7 Å². The van der Waals surface area contributed by atoms with E-state index in [0.29, 0.717) is 23.4 Å². The first-order valence-electron chi connectivity index (χ1n) is 10.4. The van der Waals surface area contributed by atoms with E-state index in [1.807, 2.05) is 31.2 Å². The number of alkyl halides is 3. The summed E-state index contributed by atoms with van der Waals surface area (Å²) in [5.41, 5.74) is 2.44. The summed E-state index contributed by atoms with van der Waals surface area (Å²) in [7, 11) is 0. The van der Waals surface area contributed by atoms with Crippen LogP contribution in [0.15, 0.2) is 59.8 Å². The van der Waals surface area contributed by atoms with Gasteiger partial charge < -0.3 is 9.64 Å². The van der Waals surface area contributed by atoms with Gasteiger partial charge in [0.05, 0.1) is 23.8 Å². The number of ether oxygens (including phenoxy) is 1. The Morgan fingerprint density at radius 2 is 1.66 bits per heavy atom. The van der Waals surface area contributed by atoms with Gasteiger partial charge in [0.25, 0.3) is 0 Å². The molecule has 0 aliphatic carbocycles. The van der Waals surface area contributed by atoms with E-state index in [-0.39, 0.29) is 18.4 Å². The maximum atomic E-state index is 13.0. The molecule has 1 aliphatic heterocycles. The van der Waals surface area contributed by atoms with Crippen LogP contribution in [0, 0.1) is 6.92 Å². The fourth-order valence-corrected chi connectivity index (χ4v) is 3.81. The highest BCUT2D eigenvalue weighted by Gasteiger charge is 2.38. The third kappa shape index (κ3) is 5.21. The lowest BCUT2D eigenvalue weighted by atomic mass is 9.83. The molecule has 0 N–H and O–H groups in total. The minimum atomic E-state index is -4.46. The molecule has 0 aromatic heterocycles. The van der Waals surface area contributed by atoms with Crippen LogP contribution in [-0.4, -0.2) is 22.9 Å². The highest BCUT2D eigenvalue weighted by Crippen LogP contribution is 2.39. The quantitative estimate of drug-likeness (QED) is 0.550. The van der Waals surface area contributed by atoms with Crippen LogP contribution in [0.25, 0.3) is 0 Å². The number of hydrogen-bond donors (Lipinski definition) is 0. The van der Waals surface area contributed by atoms with Crippen molar-refractivity contribution in [1.29, 1.82) is 0 Å². The van der Waals surface area contributed by atoms with E-state index in [2.05, 4.69) is 0 Å². The Morgan fingerprint density at radius 1 is 1.06 bits per heavy atom. The lowest BCUT2D eigenvalue weighted by Gasteiger charge is -2.35. The van der Waals surface area contributed by atoms with E-state index in [4.69, 9.17) is 4.74 Å². The van der Waals surface area contributed by atoms with Crippen molar-refractivity contribution in [1.82, 2.24) is 4.90 Å². The lowest BCUT2D eigenvalue weighted by molar-refractivity contribution is -0.144. The minimum absolute atomic E-state index is 0.0307. The molecule has 0 saturated carbocycles. The number of esters is 1. The molecule has 4 nitrogen and oxygen atoms in total. The number of carbonyl (C=O) groups excluding carboxylic acids is 2. The van der Waals surface area contributed by atoms with Crippen LogP contribution in [0.1, 0.15) is 55.4 Å². The Labute approximate surface area is 185 Å². The van der Waals surface area contributed by atoms with Crippen molar-refractivity contribution in [2.45, 2.75) is 58.9 Å². The Hall–Kier alpha value is -3.09. The molecule has 2 aromatic carbocycles. The molecule has 0 spiro atoms. The van der Waals surface area contributed by atoms with E-state index < -0.39 is 23.6 Å². The van der Waals surface area contributed by atoms with E-state index >= 15 is 0 Å². The molecule has 1 aliphatic rings. The molecular weight excluding hydrogens is 419 g/mol. The average Bonchev–Trinajstić information content (AvgIpc) is 2.71. The average molecular weight is 445 g/mol. The maximum absolute atomic E-state index is 13.0. The third-order valence-electron chi connectivity index (χ3n) is 5.49. The minimum Gasteiger partial charge on any atom is -0.460 e. The molecule has 0 unspecified atom stereocenters. The monoisotopic (exact) mass is 445 g/mol. The largest absolute Gasteiger partial charge is 0.460 e. The van der Waals surface area contributed by atoms with Gasteiger partial charge in [0.2, 0.25) is 5.91 Å². The number of hydrogen-bond acceptors (Lipinski definition) is 3. The zero-order chi connectivity index (χ0) is 23.6. The molecular formula is C25H26F3NO3. The van der Waals surface area contributed by atoms with Gasteiger partial charge in [-0.05, 0) is 51.0 Å². The van der Waals surface area contributed by atoms with Crippen LogP contribution >= 0.6 is 0 Å². The van der Waals surface area contributed by atoms with Crippen molar-refractivity contribution < 1.29 is 27.5 Å². The van der Waals surface area contributed by atoms with Crippen LogP contribution in [0.3, 0.4) is 0 Å². The first-order chi connectivity index (χ1) is 15.0. The van der Waals surface area contributed by atoms with Crippen molar-refractivity contribution in [3.8, 4) is 0 Å². The smallest absolute Gasteiger partial charge is 0.416 e. The molecule has 7 heteroatoms. The molecule has 1 heterocycles. The predicted molar refractivity (Wildman–Crippen MR) is 114 cm³/mol. The summed E-state index contributed by atoms with van der Waals surface area (Å²) in [4.78, 5) is 27.6. The first kappa shape index (κ1) is 23.6. The molecule has 1 atom stereocenters. The van der Waals surface area contributed by atoms with Crippen LogP contribution in [-0.2, 0) is 27.0 Å². The number of benzene rings is 2. The van der Waals surface area contributed by atoms with Crippen LogP contribution in [0.5, 0.6) is 0 Å². The molecule has 0 fully saturated rings. The Balaban J connectivity index is 2.01. The topological polar surface area (TPSA) is 46.6 Å². The number of amides is 1. The summed E-state index contributed by atoms with van der Waals surface area (Å²) >= 11 is 0. The summed E-state index contributed by atoms with van der Waals surface area (Å²) in [6, 6.07) is 12.3. The second-order valence-electron chi connectivity index (χ2n) is 8.30. The molecule has 2 aromatic rings. The van der Waals surface area contributed by atoms with Gasteiger partial charge in [-0.3, -0.25) is 4.79 Å².